The van der Waals surface area contributed by atoms with Crippen LogP contribution in [0.1, 0.15) is 103 Å². The Morgan fingerprint density at radius 2 is 1.59 bits per heavy atom. The topological polar surface area (TPSA) is 55.6 Å². The van der Waals surface area contributed by atoms with E-state index in [1.54, 1.807) is 0 Å². The fourth-order valence-electron chi connectivity index (χ4n) is 4.17. The highest BCUT2D eigenvalue weighted by Crippen LogP contribution is 2.31. The summed E-state index contributed by atoms with van der Waals surface area (Å²) >= 11 is 0. The van der Waals surface area contributed by atoms with E-state index in [0.717, 1.165) is 23.7 Å². The molecule has 2 heterocycles. The van der Waals surface area contributed by atoms with Crippen molar-refractivity contribution < 1.29 is 0 Å². The van der Waals surface area contributed by atoms with Gasteiger partial charge < -0.3 is 9.88 Å². The van der Waals surface area contributed by atoms with Crippen LogP contribution in [0.4, 0.5) is 5.95 Å². The number of unbranched alkanes of at least 4 members (excludes halogenated alkanes) is 9. The van der Waals surface area contributed by atoms with Crippen LogP contribution < -0.4 is 5.32 Å². The van der Waals surface area contributed by atoms with Crippen molar-refractivity contribution >= 4 is 17.1 Å². The third kappa shape index (κ3) is 6.18. The minimum atomic E-state index is 0.569. The van der Waals surface area contributed by atoms with E-state index >= 15 is 0 Å². The normalized spacial score (nSPS) is 15.0. The van der Waals surface area contributed by atoms with Gasteiger partial charge in [-0.3, -0.25) is 0 Å². The molecule has 0 aromatic carbocycles. The molecule has 3 rings (SSSR count). The number of anilines is 1. The lowest BCUT2D eigenvalue weighted by molar-refractivity contribution is 0.529. The molecule has 2 aromatic rings. The molecule has 1 aliphatic rings. The molecule has 27 heavy (non-hydrogen) atoms. The molecule has 5 nitrogen and oxygen atoms in total. The zero-order valence-corrected chi connectivity index (χ0v) is 17.1. The van der Waals surface area contributed by atoms with Crippen molar-refractivity contribution in [2.45, 2.75) is 103 Å². The number of rotatable bonds is 13. The molecule has 5 heteroatoms. The summed E-state index contributed by atoms with van der Waals surface area (Å²) in [7, 11) is 0. The molecule has 1 fully saturated rings. The highest BCUT2D eigenvalue weighted by atomic mass is 15.2. The lowest BCUT2D eigenvalue weighted by Crippen LogP contribution is -2.08. The molecule has 0 saturated heterocycles. The third-order valence-electron chi connectivity index (χ3n) is 5.85. The van der Waals surface area contributed by atoms with Crippen LogP contribution in [0, 0.1) is 0 Å². The zero-order chi connectivity index (χ0) is 18.7. The van der Waals surface area contributed by atoms with Gasteiger partial charge in [-0.25, -0.2) is 9.97 Å². The predicted molar refractivity (Wildman–Crippen MR) is 113 cm³/mol. The quantitative estimate of drug-likeness (QED) is 0.421. The Balaban J connectivity index is 1.33. The fourth-order valence-corrected chi connectivity index (χ4v) is 4.17. The van der Waals surface area contributed by atoms with Crippen molar-refractivity contribution in [3.05, 3.63) is 12.5 Å². The highest BCUT2D eigenvalue weighted by Gasteiger charge is 2.19. The first-order valence-corrected chi connectivity index (χ1v) is 11.3. The van der Waals surface area contributed by atoms with E-state index in [0.29, 0.717) is 6.04 Å². The van der Waals surface area contributed by atoms with Crippen LogP contribution in [0.15, 0.2) is 12.5 Å². The molecule has 1 aliphatic carbocycles. The molecule has 1 saturated carbocycles. The SMILES string of the molecule is CCCCCCCCCCCCNc1ncc2ncn(C3CCCC3)c2n1. The Hall–Kier alpha value is -1.65. The van der Waals surface area contributed by atoms with Gasteiger partial charge in [-0.15, -0.1) is 0 Å². The van der Waals surface area contributed by atoms with Gasteiger partial charge in [-0.1, -0.05) is 77.6 Å². The third-order valence-corrected chi connectivity index (χ3v) is 5.85. The van der Waals surface area contributed by atoms with Crippen LogP contribution in [-0.2, 0) is 0 Å². The van der Waals surface area contributed by atoms with Crippen molar-refractivity contribution in [3.8, 4) is 0 Å². The summed E-state index contributed by atoms with van der Waals surface area (Å²) in [5.41, 5.74) is 1.90. The van der Waals surface area contributed by atoms with Crippen molar-refractivity contribution in [3.63, 3.8) is 0 Å². The van der Waals surface area contributed by atoms with Gasteiger partial charge in [0, 0.05) is 12.6 Å². The molecule has 0 aliphatic heterocycles. The van der Waals surface area contributed by atoms with Crippen molar-refractivity contribution in [1.29, 1.82) is 0 Å². The molecular weight excluding hydrogens is 334 g/mol. The Kier molecular flexibility index (Phi) is 8.37. The second-order valence-electron chi connectivity index (χ2n) is 8.10. The first-order valence-electron chi connectivity index (χ1n) is 11.3. The summed E-state index contributed by atoms with van der Waals surface area (Å²) in [5.74, 6) is 0.748. The zero-order valence-electron chi connectivity index (χ0n) is 17.1. The summed E-state index contributed by atoms with van der Waals surface area (Å²) in [5, 5.41) is 3.41. The van der Waals surface area contributed by atoms with Gasteiger partial charge in [-0.2, -0.15) is 4.98 Å². The summed E-state index contributed by atoms with van der Waals surface area (Å²) < 4.78 is 2.26. The molecule has 2 aromatic heterocycles. The van der Waals surface area contributed by atoms with Gasteiger partial charge in [0.05, 0.1) is 12.5 Å². The van der Waals surface area contributed by atoms with E-state index in [1.807, 2.05) is 12.5 Å². The Morgan fingerprint density at radius 3 is 2.30 bits per heavy atom. The largest absolute Gasteiger partial charge is 0.354 e. The molecule has 0 spiro atoms. The van der Waals surface area contributed by atoms with Crippen LogP contribution in [0.2, 0.25) is 0 Å². The first kappa shape index (κ1) is 20.1. The van der Waals surface area contributed by atoms with Crippen molar-refractivity contribution in [2.75, 3.05) is 11.9 Å². The monoisotopic (exact) mass is 371 g/mol. The molecule has 150 valence electrons. The Labute approximate surface area is 164 Å². The average Bonchev–Trinajstić information content (AvgIpc) is 3.35. The molecule has 0 bridgehead atoms. The van der Waals surface area contributed by atoms with E-state index in [9.17, 15) is 0 Å². The van der Waals surface area contributed by atoms with Gasteiger partial charge in [-0.05, 0) is 19.3 Å². The van der Waals surface area contributed by atoms with Crippen molar-refractivity contribution in [1.82, 2.24) is 19.5 Å². The maximum atomic E-state index is 4.74. The second kappa shape index (κ2) is 11.3. The van der Waals surface area contributed by atoms with Gasteiger partial charge in [0.1, 0.15) is 5.52 Å². The minimum Gasteiger partial charge on any atom is -0.354 e. The summed E-state index contributed by atoms with van der Waals surface area (Å²) in [6.45, 7) is 3.24. The van der Waals surface area contributed by atoms with Crippen LogP contribution in [0.25, 0.3) is 11.2 Å². The number of fused-ring (bicyclic) bond motifs is 1. The fraction of sp³-hybridized carbons (Fsp3) is 0.773. The summed E-state index contributed by atoms with van der Waals surface area (Å²) in [6, 6.07) is 0.569. The van der Waals surface area contributed by atoms with Crippen LogP contribution >= 0.6 is 0 Å². The van der Waals surface area contributed by atoms with E-state index < -0.39 is 0 Å². The van der Waals surface area contributed by atoms with Crippen LogP contribution in [0.5, 0.6) is 0 Å². The van der Waals surface area contributed by atoms with E-state index in [4.69, 9.17) is 4.98 Å². The van der Waals surface area contributed by atoms with E-state index in [1.165, 1.54) is 89.9 Å². The number of hydrogen-bond donors (Lipinski definition) is 1. The number of hydrogen-bond acceptors (Lipinski definition) is 4. The van der Waals surface area contributed by atoms with Gasteiger partial charge >= 0.3 is 0 Å². The maximum Gasteiger partial charge on any atom is 0.224 e. The van der Waals surface area contributed by atoms with Gasteiger partial charge in [0.25, 0.3) is 0 Å². The predicted octanol–water partition coefficient (Wildman–Crippen LogP) is 6.27. The summed E-state index contributed by atoms with van der Waals surface area (Å²) in [6.07, 6.45) is 22.6. The van der Waals surface area contributed by atoms with Crippen LogP contribution in [0.3, 0.4) is 0 Å². The molecule has 0 unspecified atom stereocenters. The second-order valence-corrected chi connectivity index (χ2v) is 8.10. The maximum absolute atomic E-state index is 4.74. The average molecular weight is 372 g/mol. The Morgan fingerprint density at radius 1 is 0.926 bits per heavy atom. The molecule has 1 N–H and O–H groups in total. The lowest BCUT2D eigenvalue weighted by atomic mass is 10.1. The van der Waals surface area contributed by atoms with E-state index in [-0.39, 0.29) is 0 Å². The number of nitrogens with one attached hydrogen (secondary N) is 1. The molecule has 0 atom stereocenters. The molecule has 0 amide bonds. The molecule has 0 radical (unpaired) electrons. The minimum absolute atomic E-state index is 0.569. The highest BCUT2D eigenvalue weighted by molar-refractivity contribution is 5.71. The number of nitrogens with zero attached hydrogens (tertiary/aromatic N) is 4. The lowest BCUT2D eigenvalue weighted by Gasteiger charge is -2.12. The molecular formula is C22H37N5. The summed E-state index contributed by atoms with van der Waals surface area (Å²) in [4.78, 5) is 13.6. The van der Waals surface area contributed by atoms with Gasteiger partial charge in [0.15, 0.2) is 5.65 Å². The smallest absolute Gasteiger partial charge is 0.224 e. The van der Waals surface area contributed by atoms with E-state index in [2.05, 4.69) is 26.8 Å². The standard InChI is InChI=1S/C22H37N5/c1-2-3-4-5-6-7-8-9-10-13-16-23-22-24-17-20-21(26-22)27(18-25-20)19-14-11-12-15-19/h17-19H,2-16H2,1H3,(H,23,24,26). The Bertz CT molecular complexity index is 660. The van der Waals surface area contributed by atoms with Crippen LogP contribution in [-0.4, -0.2) is 26.1 Å². The number of imidazole rings is 1. The van der Waals surface area contributed by atoms with Crippen molar-refractivity contribution in [2.24, 2.45) is 0 Å². The number of aromatic nitrogens is 4. The first-order chi connectivity index (χ1) is 13.4. The van der Waals surface area contributed by atoms with Gasteiger partial charge in [0.2, 0.25) is 5.95 Å².